The third-order valence-corrected chi connectivity index (χ3v) is 1.93. The zero-order valence-electron chi connectivity index (χ0n) is 7.67. The Morgan fingerprint density at radius 2 is 1.83 bits per heavy atom. The molecule has 0 atom stereocenters. The van der Waals surface area contributed by atoms with Gasteiger partial charge in [-0.15, -0.1) is 0 Å². The predicted octanol–water partition coefficient (Wildman–Crippen LogP) is 1.10. The van der Waals surface area contributed by atoms with Gasteiger partial charge >= 0.3 is 6.03 Å². The maximum absolute atomic E-state index is 11.2. The van der Waals surface area contributed by atoms with Crippen molar-refractivity contribution in [2.75, 3.05) is 14.1 Å². The van der Waals surface area contributed by atoms with E-state index in [1.54, 1.807) is 27.9 Å². The minimum atomic E-state index is -0.969. The molecule has 0 aliphatic rings. The van der Waals surface area contributed by atoms with Gasteiger partial charge in [-0.05, 0) is 13.8 Å². The molecular weight excluding hydrogens is 180 g/mol. The number of halogens is 1. The van der Waals surface area contributed by atoms with Crippen LogP contribution in [-0.4, -0.2) is 41.3 Å². The smallest absolute Gasteiger partial charge is 0.330 e. The van der Waals surface area contributed by atoms with E-state index in [1.165, 1.54) is 4.90 Å². The van der Waals surface area contributed by atoms with Crippen LogP contribution in [0, 0.1) is 0 Å². The van der Waals surface area contributed by atoms with Crippen LogP contribution in [0.25, 0.3) is 0 Å². The van der Waals surface area contributed by atoms with Gasteiger partial charge in [0.25, 0.3) is 0 Å². The van der Waals surface area contributed by atoms with E-state index in [4.69, 9.17) is 11.8 Å². The number of carbonyl (C=O) groups is 2. The highest BCUT2D eigenvalue weighted by molar-refractivity contribution is 6.22. The Balaban J connectivity index is 4.49. The van der Waals surface area contributed by atoms with Gasteiger partial charge in [0.05, 0.1) is 0 Å². The van der Waals surface area contributed by atoms with Crippen molar-refractivity contribution < 1.29 is 9.59 Å². The predicted molar refractivity (Wildman–Crippen MR) is 46.9 cm³/mol. The molecule has 4 nitrogen and oxygen atoms in total. The topological polar surface area (TPSA) is 40.6 Å². The van der Waals surface area contributed by atoms with Gasteiger partial charge in [-0.2, -0.15) is 0 Å². The molecule has 0 heterocycles. The quantitative estimate of drug-likeness (QED) is 0.486. The molecule has 0 spiro atoms. The third kappa shape index (κ3) is 2.37. The average molecular weight is 193 g/mol. The first-order valence-electron chi connectivity index (χ1n) is 3.46. The highest BCUT2D eigenvalue weighted by atomic mass is 35.5. The molecule has 2 amide bonds. The Labute approximate surface area is 77.2 Å². The lowest BCUT2D eigenvalue weighted by atomic mass is 10.1. The van der Waals surface area contributed by atoms with E-state index in [1.807, 2.05) is 0 Å². The molecule has 0 aromatic carbocycles. The minimum absolute atomic E-state index is 0.409. The Morgan fingerprint density at radius 3 is 2.08 bits per heavy atom. The molecule has 0 radical (unpaired) electrons. The van der Waals surface area contributed by atoms with Crippen molar-refractivity contribution >= 4 is 24.1 Å². The average Bonchev–Trinajstić information content (AvgIpc) is 2.01. The number of rotatable bonds is 2. The summed E-state index contributed by atoms with van der Waals surface area (Å²) in [6, 6.07) is -0.409. The summed E-state index contributed by atoms with van der Waals surface area (Å²) in [5, 5.41) is 0. The third-order valence-electron chi connectivity index (χ3n) is 1.34. The standard InChI is InChI=1S/C7H13ClN2O2/c1-7(2,5-11)10(8)6(12)9(3)4/h5H,1-4H3. The normalized spacial score (nSPS) is 10.8. The van der Waals surface area contributed by atoms with Gasteiger partial charge in [0.1, 0.15) is 11.8 Å². The molecule has 0 N–H and O–H groups in total. The van der Waals surface area contributed by atoms with Crippen LogP contribution >= 0.6 is 11.8 Å². The van der Waals surface area contributed by atoms with Crippen molar-refractivity contribution in [1.82, 2.24) is 9.32 Å². The van der Waals surface area contributed by atoms with Gasteiger partial charge in [-0.3, -0.25) is 0 Å². The molecule has 0 unspecified atom stereocenters. The van der Waals surface area contributed by atoms with Crippen molar-refractivity contribution in [1.29, 1.82) is 0 Å². The van der Waals surface area contributed by atoms with Crippen molar-refractivity contribution in [3.8, 4) is 0 Å². The summed E-state index contributed by atoms with van der Waals surface area (Å²) in [5.74, 6) is 0. The van der Waals surface area contributed by atoms with Crippen LogP contribution in [0.2, 0.25) is 0 Å². The van der Waals surface area contributed by atoms with E-state index in [-0.39, 0.29) is 0 Å². The van der Waals surface area contributed by atoms with Crippen LogP contribution in [-0.2, 0) is 4.79 Å². The van der Waals surface area contributed by atoms with Crippen molar-refractivity contribution in [3.63, 3.8) is 0 Å². The first-order valence-corrected chi connectivity index (χ1v) is 3.80. The molecule has 5 heteroatoms. The van der Waals surface area contributed by atoms with E-state index >= 15 is 0 Å². The second-order valence-corrected chi connectivity index (χ2v) is 3.57. The van der Waals surface area contributed by atoms with Gasteiger partial charge in [-0.1, -0.05) is 0 Å². The van der Waals surface area contributed by atoms with E-state index in [0.717, 1.165) is 4.42 Å². The molecule has 0 aliphatic heterocycles. The number of nitrogens with zero attached hydrogens (tertiary/aromatic N) is 2. The summed E-state index contributed by atoms with van der Waals surface area (Å²) < 4.78 is 0.875. The zero-order chi connectivity index (χ0) is 9.94. The van der Waals surface area contributed by atoms with Crippen LogP contribution in [0.15, 0.2) is 0 Å². The maximum Gasteiger partial charge on any atom is 0.334 e. The van der Waals surface area contributed by atoms with E-state index in [9.17, 15) is 9.59 Å². The number of urea groups is 1. The van der Waals surface area contributed by atoms with Crippen LogP contribution in [0.4, 0.5) is 4.79 Å². The molecule has 0 bridgehead atoms. The summed E-state index contributed by atoms with van der Waals surface area (Å²) in [6.45, 7) is 3.13. The van der Waals surface area contributed by atoms with Gasteiger partial charge in [0.2, 0.25) is 0 Å². The fourth-order valence-corrected chi connectivity index (χ4v) is 0.659. The zero-order valence-corrected chi connectivity index (χ0v) is 8.42. The first kappa shape index (κ1) is 11.2. The Kier molecular flexibility index (Phi) is 3.52. The minimum Gasteiger partial charge on any atom is -0.330 e. The number of hydrogen-bond acceptors (Lipinski definition) is 2. The fraction of sp³-hybridized carbons (Fsp3) is 0.714. The van der Waals surface area contributed by atoms with Gasteiger partial charge in [0.15, 0.2) is 0 Å². The lowest BCUT2D eigenvalue weighted by Crippen LogP contribution is -2.46. The van der Waals surface area contributed by atoms with Crippen molar-refractivity contribution in [2.24, 2.45) is 0 Å². The monoisotopic (exact) mass is 192 g/mol. The molecule has 0 saturated heterocycles. The lowest BCUT2D eigenvalue weighted by molar-refractivity contribution is -0.113. The van der Waals surface area contributed by atoms with Crippen LogP contribution in [0.3, 0.4) is 0 Å². The molecular formula is C7H13ClN2O2. The fourth-order valence-electron chi connectivity index (χ4n) is 0.468. The second kappa shape index (κ2) is 3.76. The molecule has 0 aromatic heterocycles. The van der Waals surface area contributed by atoms with Gasteiger partial charge < -0.3 is 9.69 Å². The molecule has 0 saturated carbocycles. The molecule has 0 aromatic rings. The van der Waals surface area contributed by atoms with Crippen molar-refractivity contribution in [3.05, 3.63) is 0 Å². The Hall–Kier alpha value is -0.770. The van der Waals surface area contributed by atoms with E-state index in [2.05, 4.69) is 0 Å². The highest BCUT2D eigenvalue weighted by Gasteiger charge is 2.30. The van der Waals surface area contributed by atoms with Crippen LogP contribution < -0.4 is 0 Å². The lowest BCUT2D eigenvalue weighted by Gasteiger charge is -2.29. The maximum atomic E-state index is 11.2. The summed E-state index contributed by atoms with van der Waals surface area (Å²) in [4.78, 5) is 23.0. The Bertz CT molecular complexity index is 192. The number of hydrogen-bond donors (Lipinski definition) is 0. The largest absolute Gasteiger partial charge is 0.334 e. The molecule has 0 fully saturated rings. The number of amides is 2. The summed E-state index contributed by atoms with van der Waals surface area (Å²) in [5.41, 5.74) is -0.969. The summed E-state index contributed by atoms with van der Waals surface area (Å²) >= 11 is 5.63. The molecule has 0 aliphatic carbocycles. The second-order valence-electron chi connectivity index (χ2n) is 3.23. The molecule has 0 rings (SSSR count). The van der Waals surface area contributed by atoms with Crippen LogP contribution in [0.1, 0.15) is 13.8 Å². The van der Waals surface area contributed by atoms with E-state index < -0.39 is 11.6 Å². The molecule has 70 valence electrons. The SMILES string of the molecule is CN(C)C(=O)N(Cl)C(C)(C)C=O. The molecule has 12 heavy (non-hydrogen) atoms. The van der Waals surface area contributed by atoms with Gasteiger partial charge in [0, 0.05) is 25.9 Å². The summed E-state index contributed by atoms with van der Waals surface area (Å²) in [6.07, 6.45) is 0.626. The van der Waals surface area contributed by atoms with Gasteiger partial charge in [-0.25, -0.2) is 9.21 Å². The number of aldehydes is 1. The first-order chi connectivity index (χ1) is 5.33. The van der Waals surface area contributed by atoms with Crippen molar-refractivity contribution in [2.45, 2.75) is 19.4 Å². The van der Waals surface area contributed by atoms with E-state index in [0.29, 0.717) is 6.29 Å². The highest BCUT2D eigenvalue weighted by Crippen LogP contribution is 2.15. The number of carbonyl (C=O) groups excluding carboxylic acids is 2. The summed E-state index contributed by atoms with van der Waals surface area (Å²) in [7, 11) is 3.14. The Morgan fingerprint density at radius 1 is 1.42 bits per heavy atom. The van der Waals surface area contributed by atoms with Crippen LogP contribution in [0.5, 0.6) is 0 Å².